The van der Waals surface area contributed by atoms with Gasteiger partial charge in [0.2, 0.25) is 10.0 Å². The van der Waals surface area contributed by atoms with Crippen molar-refractivity contribution in [3.8, 4) is 0 Å². The van der Waals surface area contributed by atoms with E-state index in [1.165, 1.54) is 12.1 Å². The van der Waals surface area contributed by atoms with Crippen molar-refractivity contribution in [2.75, 3.05) is 5.84 Å². The van der Waals surface area contributed by atoms with Crippen LogP contribution in [0, 0.1) is 0 Å². The Balaban J connectivity index is 2.98. The number of aromatic amines is 1. The third kappa shape index (κ3) is 1.81. The molecule has 17 heavy (non-hydrogen) atoms. The molecule has 0 unspecified atom stereocenters. The fourth-order valence-corrected chi connectivity index (χ4v) is 1.92. The quantitative estimate of drug-likeness (QED) is 0.508. The number of H-pyrrole nitrogens is 1. The van der Waals surface area contributed by atoms with Gasteiger partial charge in [0.15, 0.2) is 0 Å². The smallest absolute Gasteiger partial charge is 0.332 e. The minimum atomic E-state index is -3.91. The number of nitrogens with zero attached hydrogens (tertiary/aromatic N) is 1. The SMILES string of the molecule is Nn1c(=O)[nH]c2ccc(S(N)(=O)=O)cc2c1=O. The molecule has 2 aromatic rings. The predicted molar refractivity (Wildman–Crippen MR) is 60.4 cm³/mol. The lowest BCUT2D eigenvalue weighted by Gasteiger charge is -2.02. The molecule has 1 heterocycles. The summed E-state index contributed by atoms with van der Waals surface area (Å²) in [5.41, 5.74) is -1.39. The highest BCUT2D eigenvalue weighted by Gasteiger charge is 2.11. The zero-order valence-electron chi connectivity index (χ0n) is 8.38. The van der Waals surface area contributed by atoms with E-state index in [-0.39, 0.29) is 15.8 Å². The maximum atomic E-state index is 11.6. The van der Waals surface area contributed by atoms with E-state index in [4.69, 9.17) is 11.0 Å². The number of nitrogens with two attached hydrogens (primary N) is 2. The number of hydrogen-bond donors (Lipinski definition) is 3. The van der Waals surface area contributed by atoms with Crippen molar-refractivity contribution >= 4 is 20.9 Å². The normalized spacial score (nSPS) is 11.8. The summed E-state index contributed by atoms with van der Waals surface area (Å²) in [5, 5.41) is 4.90. The second-order valence-corrected chi connectivity index (χ2v) is 4.92. The first kappa shape index (κ1) is 11.4. The molecule has 0 saturated carbocycles. The molecule has 0 bridgehead atoms. The first-order chi connectivity index (χ1) is 7.80. The second-order valence-electron chi connectivity index (χ2n) is 3.36. The molecule has 0 radical (unpaired) electrons. The molecule has 1 aromatic heterocycles. The Hall–Kier alpha value is -2.13. The first-order valence-electron chi connectivity index (χ1n) is 4.37. The van der Waals surface area contributed by atoms with Gasteiger partial charge in [-0.15, -0.1) is 0 Å². The van der Waals surface area contributed by atoms with Gasteiger partial charge < -0.3 is 10.8 Å². The number of nitrogens with one attached hydrogen (secondary N) is 1. The molecule has 90 valence electrons. The molecule has 0 amide bonds. The Morgan fingerprint density at radius 2 is 1.88 bits per heavy atom. The van der Waals surface area contributed by atoms with Crippen LogP contribution in [0.2, 0.25) is 0 Å². The van der Waals surface area contributed by atoms with Crippen LogP contribution in [0.4, 0.5) is 0 Å². The minimum Gasteiger partial charge on any atom is -0.332 e. The number of fused-ring (bicyclic) bond motifs is 1. The molecule has 5 N–H and O–H groups in total. The highest BCUT2D eigenvalue weighted by Crippen LogP contribution is 2.12. The molecule has 0 saturated heterocycles. The van der Waals surface area contributed by atoms with Crippen LogP contribution in [0.1, 0.15) is 0 Å². The highest BCUT2D eigenvalue weighted by molar-refractivity contribution is 7.89. The summed E-state index contributed by atoms with van der Waals surface area (Å²) in [4.78, 5) is 24.9. The van der Waals surface area contributed by atoms with E-state index in [1.807, 2.05) is 0 Å². The lowest BCUT2D eigenvalue weighted by atomic mass is 10.2. The molecular formula is C8H8N4O4S. The molecule has 2 rings (SSSR count). The standard InChI is InChI=1S/C8H8N4O4S/c9-12-7(13)5-3-4(17(10,15)16)1-2-6(5)11-8(12)14/h1-3H,9H2,(H,11,14)(H2,10,15,16). The Morgan fingerprint density at radius 1 is 1.24 bits per heavy atom. The fourth-order valence-electron chi connectivity index (χ4n) is 1.38. The molecule has 8 nitrogen and oxygen atoms in total. The molecule has 0 aliphatic carbocycles. The van der Waals surface area contributed by atoms with Crippen LogP contribution in [0.25, 0.3) is 10.9 Å². The van der Waals surface area contributed by atoms with Crippen molar-refractivity contribution in [3.63, 3.8) is 0 Å². The maximum Gasteiger partial charge on any atom is 0.347 e. The van der Waals surface area contributed by atoms with E-state index in [2.05, 4.69) is 4.98 Å². The van der Waals surface area contributed by atoms with Gasteiger partial charge in [-0.25, -0.2) is 18.4 Å². The summed E-state index contributed by atoms with van der Waals surface area (Å²) in [5.74, 6) is 5.19. The van der Waals surface area contributed by atoms with Crippen LogP contribution < -0.4 is 22.2 Å². The number of hydrogen-bond acceptors (Lipinski definition) is 5. The van der Waals surface area contributed by atoms with Gasteiger partial charge in [-0.1, -0.05) is 0 Å². The molecule has 9 heteroatoms. The number of rotatable bonds is 1. The van der Waals surface area contributed by atoms with Crippen molar-refractivity contribution in [2.45, 2.75) is 4.90 Å². The first-order valence-corrected chi connectivity index (χ1v) is 5.92. The van der Waals surface area contributed by atoms with E-state index >= 15 is 0 Å². The Kier molecular flexibility index (Phi) is 2.29. The summed E-state index contributed by atoms with van der Waals surface area (Å²) < 4.78 is 22.6. The maximum absolute atomic E-state index is 11.6. The van der Waals surface area contributed by atoms with Crippen molar-refractivity contribution < 1.29 is 8.42 Å². The number of aromatic nitrogens is 2. The number of sulfonamides is 1. The summed E-state index contributed by atoms with van der Waals surface area (Å²) >= 11 is 0. The van der Waals surface area contributed by atoms with Crippen LogP contribution >= 0.6 is 0 Å². The van der Waals surface area contributed by atoms with Crippen LogP contribution in [-0.2, 0) is 10.0 Å². The van der Waals surface area contributed by atoms with Crippen molar-refractivity contribution in [3.05, 3.63) is 39.0 Å². The largest absolute Gasteiger partial charge is 0.347 e. The van der Waals surface area contributed by atoms with Gasteiger partial charge in [0.25, 0.3) is 5.56 Å². The van der Waals surface area contributed by atoms with Crippen molar-refractivity contribution in [2.24, 2.45) is 5.14 Å². The van der Waals surface area contributed by atoms with E-state index in [0.717, 1.165) is 6.07 Å². The average molecular weight is 256 g/mol. The monoisotopic (exact) mass is 256 g/mol. The number of nitrogen functional groups attached to an aromatic ring is 1. The Morgan fingerprint density at radius 3 is 2.47 bits per heavy atom. The average Bonchev–Trinajstić information content (AvgIpc) is 2.24. The Labute approximate surface area is 94.5 Å². The van der Waals surface area contributed by atoms with E-state index in [1.54, 1.807) is 0 Å². The van der Waals surface area contributed by atoms with Gasteiger partial charge in [-0.05, 0) is 18.2 Å². The van der Waals surface area contributed by atoms with Gasteiger partial charge in [0.1, 0.15) is 0 Å². The molecule has 0 aliphatic rings. The van der Waals surface area contributed by atoms with E-state index in [9.17, 15) is 18.0 Å². The Bertz CT molecular complexity index is 818. The van der Waals surface area contributed by atoms with Gasteiger partial charge in [-0.3, -0.25) is 4.79 Å². The lowest BCUT2D eigenvalue weighted by Crippen LogP contribution is -2.40. The third-order valence-electron chi connectivity index (χ3n) is 2.23. The van der Waals surface area contributed by atoms with Gasteiger partial charge >= 0.3 is 5.69 Å². The summed E-state index contributed by atoms with van der Waals surface area (Å²) in [6, 6.07) is 3.53. The summed E-state index contributed by atoms with van der Waals surface area (Å²) in [7, 11) is -3.91. The molecule has 0 aliphatic heterocycles. The topological polar surface area (TPSA) is 141 Å². The minimum absolute atomic E-state index is 0.0291. The van der Waals surface area contributed by atoms with Crippen LogP contribution in [-0.4, -0.2) is 18.1 Å². The zero-order valence-corrected chi connectivity index (χ0v) is 9.19. The van der Waals surface area contributed by atoms with Gasteiger partial charge in [0, 0.05) is 0 Å². The third-order valence-corrected chi connectivity index (χ3v) is 3.14. The fraction of sp³-hybridized carbons (Fsp3) is 0. The lowest BCUT2D eigenvalue weighted by molar-refractivity contribution is 0.598. The molecule has 0 fully saturated rings. The van der Waals surface area contributed by atoms with Crippen molar-refractivity contribution in [1.29, 1.82) is 0 Å². The van der Waals surface area contributed by atoms with Crippen LogP contribution in [0.5, 0.6) is 0 Å². The van der Waals surface area contributed by atoms with Crippen LogP contribution in [0.3, 0.4) is 0 Å². The van der Waals surface area contributed by atoms with Gasteiger partial charge in [-0.2, -0.15) is 4.68 Å². The van der Waals surface area contributed by atoms with E-state index < -0.39 is 21.3 Å². The predicted octanol–water partition coefficient (Wildman–Crippen LogP) is -1.95. The number of primary sulfonamides is 1. The molecule has 0 spiro atoms. The van der Waals surface area contributed by atoms with E-state index in [0.29, 0.717) is 4.68 Å². The molecule has 1 aromatic carbocycles. The number of benzene rings is 1. The molecular weight excluding hydrogens is 248 g/mol. The highest BCUT2D eigenvalue weighted by atomic mass is 32.2. The zero-order chi connectivity index (χ0) is 12.8. The van der Waals surface area contributed by atoms with Crippen molar-refractivity contribution in [1.82, 2.24) is 9.66 Å². The summed E-state index contributed by atoms with van der Waals surface area (Å²) in [6.45, 7) is 0. The van der Waals surface area contributed by atoms with Crippen LogP contribution in [0.15, 0.2) is 32.7 Å². The van der Waals surface area contributed by atoms with Gasteiger partial charge in [0.05, 0.1) is 15.8 Å². The second kappa shape index (κ2) is 3.43. The summed E-state index contributed by atoms with van der Waals surface area (Å²) in [6.07, 6.45) is 0. The molecule has 0 atom stereocenters.